The fourth-order valence-electron chi connectivity index (χ4n) is 4.75. The minimum atomic E-state index is -1.51. The van der Waals surface area contributed by atoms with E-state index in [1.807, 2.05) is 66.7 Å². The standard InChI is InChI=1S/C32H28O5S/c1-31(2,3)37-29(34)26(20-27(33)23-18-17-21-11-7-8-12-22(21)19-23)32(38-24-13-5-4-6-14-24)25-15-9-10-16-28(25)36-30(32)35/h4-19,26H,20H2,1-3H3. The van der Waals surface area contributed by atoms with Crippen LogP contribution >= 0.6 is 11.8 Å². The molecule has 4 aromatic rings. The summed E-state index contributed by atoms with van der Waals surface area (Å²) in [7, 11) is 0. The molecule has 1 aliphatic rings. The lowest BCUT2D eigenvalue weighted by Gasteiger charge is -2.34. The summed E-state index contributed by atoms with van der Waals surface area (Å²) in [5, 5.41) is 1.93. The molecule has 0 N–H and O–H groups in total. The number of ketones is 1. The zero-order valence-corrected chi connectivity index (χ0v) is 22.3. The number of hydrogen-bond donors (Lipinski definition) is 0. The third-order valence-electron chi connectivity index (χ3n) is 6.46. The second-order valence-corrected chi connectivity index (χ2v) is 11.6. The van der Waals surface area contributed by atoms with Crippen molar-refractivity contribution < 1.29 is 23.9 Å². The first-order valence-corrected chi connectivity index (χ1v) is 13.3. The summed E-state index contributed by atoms with van der Waals surface area (Å²) in [6, 6.07) is 29.7. The maximum Gasteiger partial charge on any atom is 0.333 e. The summed E-state index contributed by atoms with van der Waals surface area (Å²) >= 11 is 1.22. The normalized spacial score (nSPS) is 17.5. The van der Waals surface area contributed by atoms with Crippen molar-refractivity contribution in [1.82, 2.24) is 0 Å². The molecular formula is C32H28O5S. The van der Waals surface area contributed by atoms with E-state index in [-0.39, 0.29) is 12.2 Å². The van der Waals surface area contributed by atoms with Crippen LogP contribution in [0.3, 0.4) is 0 Å². The average Bonchev–Trinajstić information content (AvgIpc) is 3.17. The first-order chi connectivity index (χ1) is 18.2. The molecule has 1 aliphatic heterocycles. The van der Waals surface area contributed by atoms with Crippen LogP contribution < -0.4 is 4.74 Å². The Kier molecular flexibility index (Phi) is 6.84. The van der Waals surface area contributed by atoms with Gasteiger partial charge in [0.05, 0.1) is 5.92 Å². The van der Waals surface area contributed by atoms with Crippen LogP contribution in [0.1, 0.15) is 43.1 Å². The molecule has 5 nitrogen and oxygen atoms in total. The summed E-state index contributed by atoms with van der Waals surface area (Å²) in [4.78, 5) is 42.2. The van der Waals surface area contributed by atoms with Crippen molar-refractivity contribution in [3.8, 4) is 5.75 Å². The molecule has 1 heterocycles. The number of carbonyl (C=O) groups excluding carboxylic acids is 3. The summed E-state index contributed by atoms with van der Waals surface area (Å²) in [5.74, 6) is -2.22. The van der Waals surface area contributed by atoms with E-state index in [4.69, 9.17) is 9.47 Å². The van der Waals surface area contributed by atoms with Gasteiger partial charge in [0, 0.05) is 22.4 Å². The van der Waals surface area contributed by atoms with E-state index in [0.29, 0.717) is 16.9 Å². The number of carbonyl (C=O) groups is 3. The molecule has 5 rings (SSSR count). The molecule has 38 heavy (non-hydrogen) atoms. The summed E-state index contributed by atoms with van der Waals surface area (Å²) in [5.41, 5.74) is 0.208. The number of para-hydroxylation sites is 1. The Bertz CT molecular complexity index is 1520. The zero-order chi connectivity index (χ0) is 26.9. The predicted octanol–water partition coefficient (Wildman–Crippen LogP) is 6.98. The summed E-state index contributed by atoms with van der Waals surface area (Å²) in [6.07, 6.45) is -0.226. The molecule has 4 aromatic carbocycles. The lowest BCUT2D eigenvalue weighted by molar-refractivity contribution is -0.163. The molecule has 0 fully saturated rings. The van der Waals surface area contributed by atoms with Crippen LogP contribution in [-0.2, 0) is 19.1 Å². The van der Waals surface area contributed by atoms with Gasteiger partial charge in [0.15, 0.2) is 10.5 Å². The molecule has 0 saturated carbocycles. The smallest absolute Gasteiger partial charge is 0.333 e. The highest BCUT2D eigenvalue weighted by molar-refractivity contribution is 8.01. The van der Waals surface area contributed by atoms with Crippen LogP contribution in [0, 0.1) is 5.92 Å². The number of ether oxygens (including phenoxy) is 2. The van der Waals surface area contributed by atoms with Gasteiger partial charge in [-0.1, -0.05) is 72.8 Å². The van der Waals surface area contributed by atoms with Gasteiger partial charge in [-0.25, -0.2) is 4.79 Å². The van der Waals surface area contributed by atoms with Crippen LogP contribution in [0.5, 0.6) is 5.75 Å². The van der Waals surface area contributed by atoms with Gasteiger partial charge in [-0.05, 0) is 55.8 Å². The van der Waals surface area contributed by atoms with Crippen molar-refractivity contribution in [2.45, 2.75) is 42.4 Å². The van der Waals surface area contributed by atoms with Crippen molar-refractivity contribution in [1.29, 1.82) is 0 Å². The zero-order valence-electron chi connectivity index (χ0n) is 21.5. The molecule has 0 amide bonds. The minimum absolute atomic E-state index is 0.226. The number of rotatable bonds is 7. The second-order valence-electron chi connectivity index (χ2n) is 10.3. The van der Waals surface area contributed by atoms with Crippen molar-refractivity contribution in [3.05, 3.63) is 108 Å². The van der Waals surface area contributed by atoms with E-state index >= 15 is 0 Å². The Morgan fingerprint density at radius 1 is 0.868 bits per heavy atom. The van der Waals surface area contributed by atoms with Crippen LogP contribution in [0.15, 0.2) is 102 Å². The molecule has 0 saturated heterocycles. The van der Waals surface area contributed by atoms with Crippen molar-refractivity contribution in [2.24, 2.45) is 5.92 Å². The Hall–Kier alpha value is -3.90. The minimum Gasteiger partial charge on any atom is -0.460 e. The largest absolute Gasteiger partial charge is 0.460 e. The van der Waals surface area contributed by atoms with Crippen LogP contribution in [0.4, 0.5) is 0 Å². The maximum atomic E-state index is 13.9. The number of thioether (sulfide) groups is 1. The van der Waals surface area contributed by atoms with E-state index in [2.05, 4.69) is 0 Å². The molecule has 0 aliphatic carbocycles. The summed E-state index contributed by atoms with van der Waals surface area (Å²) in [6.45, 7) is 5.31. The highest BCUT2D eigenvalue weighted by Crippen LogP contribution is 2.56. The Balaban J connectivity index is 1.63. The Labute approximate surface area is 226 Å². The fourth-order valence-corrected chi connectivity index (χ4v) is 6.14. The third kappa shape index (κ3) is 4.96. The highest BCUT2D eigenvalue weighted by Gasteiger charge is 2.59. The fraction of sp³-hybridized carbons (Fsp3) is 0.219. The monoisotopic (exact) mass is 524 g/mol. The van der Waals surface area contributed by atoms with Crippen LogP contribution in [-0.4, -0.2) is 23.3 Å². The molecular weight excluding hydrogens is 496 g/mol. The SMILES string of the molecule is CC(C)(C)OC(=O)C(CC(=O)c1ccc2ccccc2c1)C1(Sc2ccccc2)C(=O)Oc2ccccc21. The predicted molar refractivity (Wildman–Crippen MR) is 148 cm³/mol. The number of benzene rings is 4. The lowest BCUT2D eigenvalue weighted by atomic mass is 9.81. The number of esters is 2. The lowest BCUT2D eigenvalue weighted by Crippen LogP contribution is -2.45. The molecule has 0 aromatic heterocycles. The first-order valence-electron chi connectivity index (χ1n) is 12.5. The van der Waals surface area contributed by atoms with Gasteiger partial charge in [0.2, 0.25) is 0 Å². The van der Waals surface area contributed by atoms with Crippen molar-refractivity contribution in [2.75, 3.05) is 0 Å². The van der Waals surface area contributed by atoms with Gasteiger partial charge in [-0.3, -0.25) is 9.59 Å². The van der Waals surface area contributed by atoms with Gasteiger partial charge in [-0.15, -0.1) is 11.8 Å². The number of fused-ring (bicyclic) bond motifs is 2. The molecule has 0 radical (unpaired) electrons. The summed E-state index contributed by atoms with van der Waals surface area (Å²) < 4.78 is 10.0. The average molecular weight is 525 g/mol. The van der Waals surface area contributed by atoms with E-state index in [1.165, 1.54) is 11.8 Å². The topological polar surface area (TPSA) is 69.7 Å². The van der Waals surface area contributed by atoms with E-state index in [0.717, 1.165) is 15.7 Å². The van der Waals surface area contributed by atoms with Crippen LogP contribution in [0.25, 0.3) is 10.8 Å². The highest BCUT2D eigenvalue weighted by atomic mass is 32.2. The van der Waals surface area contributed by atoms with Gasteiger partial charge < -0.3 is 9.47 Å². The number of Topliss-reactive ketones (excluding diaryl/α,β-unsaturated/α-hetero) is 1. The van der Waals surface area contributed by atoms with Gasteiger partial charge in [-0.2, -0.15) is 0 Å². The van der Waals surface area contributed by atoms with Gasteiger partial charge in [0.25, 0.3) is 0 Å². The van der Waals surface area contributed by atoms with E-state index in [9.17, 15) is 14.4 Å². The molecule has 0 bridgehead atoms. The second kappa shape index (κ2) is 10.1. The maximum absolute atomic E-state index is 13.9. The molecule has 192 valence electrons. The van der Waals surface area contributed by atoms with E-state index < -0.39 is 28.2 Å². The quantitative estimate of drug-likeness (QED) is 0.148. The molecule has 2 unspecified atom stereocenters. The van der Waals surface area contributed by atoms with Crippen LogP contribution in [0.2, 0.25) is 0 Å². The van der Waals surface area contributed by atoms with Crippen molar-refractivity contribution >= 4 is 40.3 Å². The van der Waals surface area contributed by atoms with E-state index in [1.54, 1.807) is 51.1 Å². The molecule has 6 heteroatoms. The first kappa shape index (κ1) is 25.7. The molecule has 2 atom stereocenters. The van der Waals surface area contributed by atoms with Gasteiger partial charge in [0.1, 0.15) is 11.4 Å². The molecule has 0 spiro atoms. The Morgan fingerprint density at radius 3 is 2.26 bits per heavy atom. The third-order valence-corrected chi connectivity index (χ3v) is 7.96. The Morgan fingerprint density at radius 2 is 1.53 bits per heavy atom. The van der Waals surface area contributed by atoms with Gasteiger partial charge >= 0.3 is 11.9 Å². The van der Waals surface area contributed by atoms with Crippen molar-refractivity contribution in [3.63, 3.8) is 0 Å². The number of hydrogen-bond acceptors (Lipinski definition) is 6.